The molecule has 0 spiro atoms. The third-order valence-corrected chi connectivity index (χ3v) is 0. The maximum Gasteiger partial charge on any atom is 0.0906 e. The molecular weight excluding hydrogens is 74.0 g/mol. The van der Waals surface area contributed by atoms with Gasteiger partial charge in [0.05, 0.1) is 6.73 Å². The second-order valence-corrected chi connectivity index (χ2v) is 0.183. The molecule has 0 radical (unpaired) electrons. The van der Waals surface area contributed by atoms with E-state index in [0.717, 1.165) is 0 Å². The smallest absolute Gasteiger partial charge is 0.0906 e. The average molecular weight is 81.1 g/mol. The zero-order valence-corrected chi connectivity index (χ0v) is 2.63. The molecule has 4 heteroatoms. The summed E-state index contributed by atoms with van der Waals surface area (Å²) in [6, 6.07) is 0. The Morgan fingerprint density at radius 2 is 1.40 bits per heavy atom. The van der Waals surface area contributed by atoms with Gasteiger partial charge in [-0.15, -0.1) is 0 Å². The van der Waals surface area contributed by atoms with Crippen LogP contribution in [0.4, 0.5) is 0 Å². The molecule has 4 nitrogen and oxygen atoms in total. The van der Waals surface area contributed by atoms with Gasteiger partial charge in [-0.1, -0.05) is 0 Å². The Bertz CT molecular complexity index is 6.85. The van der Waals surface area contributed by atoms with Crippen LogP contribution in [0.2, 0.25) is 0 Å². The van der Waals surface area contributed by atoms with Gasteiger partial charge in [0.1, 0.15) is 0 Å². The molecule has 0 saturated carbocycles. The molecule has 0 aromatic heterocycles. The molecule has 0 aromatic rings. The molecule has 0 unspecified atom stereocenters. The first-order valence-electron chi connectivity index (χ1n) is 0.924. The van der Waals surface area contributed by atoms with Gasteiger partial charge in [-0.25, -0.2) is 0 Å². The number of rotatable bonds is 0. The lowest BCUT2D eigenvalue weighted by Crippen LogP contribution is -1.92. The standard InChI is InChI=1S/CH5NO.H2O2/c2-1-3;1-2/h3H,1-2H2;1-2H. The van der Waals surface area contributed by atoms with Crippen LogP contribution in [0.5, 0.6) is 0 Å². The van der Waals surface area contributed by atoms with Crippen LogP contribution in [0.1, 0.15) is 0 Å². The topological polar surface area (TPSA) is 86.7 Å². The van der Waals surface area contributed by atoms with Crippen molar-refractivity contribution in [2.24, 2.45) is 5.73 Å². The van der Waals surface area contributed by atoms with Gasteiger partial charge in [-0.05, 0) is 0 Å². The van der Waals surface area contributed by atoms with E-state index in [-0.39, 0.29) is 6.73 Å². The van der Waals surface area contributed by atoms with Gasteiger partial charge in [0.2, 0.25) is 0 Å². The van der Waals surface area contributed by atoms with Crippen LogP contribution >= 0.6 is 0 Å². The van der Waals surface area contributed by atoms with Crippen LogP contribution in [0.25, 0.3) is 0 Å². The molecule has 0 aliphatic carbocycles. The second-order valence-electron chi connectivity index (χ2n) is 0.183. The molecule has 0 amide bonds. The SMILES string of the molecule is NCO.OO. The molecule has 34 valence electrons. The highest BCUT2D eigenvalue weighted by Gasteiger charge is 1.30. The van der Waals surface area contributed by atoms with Crippen LogP contribution in [0.3, 0.4) is 0 Å². The third-order valence-electron chi connectivity index (χ3n) is 0. The molecular formula is CH7NO3. The minimum absolute atomic E-state index is 0.250. The zero-order chi connectivity index (χ0) is 4.71. The highest BCUT2D eigenvalue weighted by molar-refractivity contribution is 3.76. The Labute approximate surface area is 29.4 Å². The van der Waals surface area contributed by atoms with Crippen molar-refractivity contribution in [2.45, 2.75) is 0 Å². The summed E-state index contributed by atoms with van der Waals surface area (Å²) in [6.45, 7) is -0.250. The van der Waals surface area contributed by atoms with E-state index in [1.165, 1.54) is 0 Å². The molecule has 0 fully saturated rings. The van der Waals surface area contributed by atoms with Crippen molar-refractivity contribution in [3.63, 3.8) is 0 Å². The molecule has 0 bridgehead atoms. The van der Waals surface area contributed by atoms with Gasteiger partial charge in [0.25, 0.3) is 0 Å². The summed E-state index contributed by atoms with van der Waals surface area (Å²) in [6.07, 6.45) is 0. The molecule has 0 aromatic carbocycles. The molecule has 0 aliphatic rings. The molecule has 0 rings (SSSR count). The number of hydrogen-bond donors (Lipinski definition) is 4. The largest absolute Gasteiger partial charge is 0.382 e. The third kappa shape index (κ3) is 508. The zero-order valence-electron chi connectivity index (χ0n) is 2.63. The quantitative estimate of drug-likeness (QED) is 0.169. The summed E-state index contributed by atoms with van der Waals surface area (Å²) in [4.78, 5) is 0. The first-order chi connectivity index (χ1) is 2.41. The van der Waals surface area contributed by atoms with Gasteiger partial charge in [0, 0.05) is 0 Å². The second kappa shape index (κ2) is 43.9. The van der Waals surface area contributed by atoms with Crippen LogP contribution in [-0.2, 0) is 0 Å². The van der Waals surface area contributed by atoms with E-state index < -0.39 is 0 Å². The first kappa shape index (κ1) is 8.85. The number of nitrogens with two attached hydrogens (primary N) is 1. The lowest BCUT2D eigenvalue weighted by molar-refractivity contribution is -0.176. The van der Waals surface area contributed by atoms with E-state index in [0.29, 0.717) is 0 Å². The number of aliphatic hydroxyl groups excluding tert-OH is 1. The van der Waals surface area contributed by atoms with Crippen molar-refractivity contribution in [3.05, 3.63) is 0 Å². The predicted octanol–water partition coefficient (Wildman–Crippen LogP) is -1.09. The monoisotopic (exact) mass is 81.0 g/mol. The summed E-state index contributed by atoms with van der Waals surface area (Å²) < 4.78 is 0. The van der Waals surface area contributed by atoms with Crippen LogP contribution in [0.15, 0.2) is 0 Å². The van der Waals surface area contributed by atoms with Crippen molar-refractivity contribution in [1.29, 1.82) is 0 Å². The highest BCUT2D eigenvalue weighted by atomic mass is 17.0. The van der Waals surface area contributed by atoms with Crippen molar-refractivity contribution < 1.29 is 15.6 Å². The van der Waals surface area contributed by atoms with Gasteiger partial charge >= 0.3 is 0 Å². The Hall–Kier alpha value is -0.160. The van der Waals surface area contributed by atoms with E-state index in [9.17, 15) is 0 Å². The molecule has 5 N–H and O–H groups in total. The summed E-state index contributed by atoms with van der Waals surface area (Å²) in [5.41, 5.74) is 4.40. The summed E-state index contributed by atoms with van der Waals surface area (Å²) in [7, 11) is 0. The van der Waals surface area contributed by atoms with Crippen molar-refractivity contribution in [1.82, 2.24) is 0 Å². The Morgan fingerprint density at radius 3 is 1.40 bits per heavy atom. The lowest BCUT2D eigenvalue weighted by Gasteiger charge is -1.56. The lowest BCUT2D eigenvalue weighted by atomic mass is 11.4. The fourth-order valence-electron chi connectivity index (χ4n) is 0. The fourth-order valence-corrected chi connectivity index (χ4v) is 0. The summed E-state index contributed by atoms with van der Waals surface area (Å²) in [5, 5.41) is 19.3. The van der Waals surface area contributed by atoms with E-state index in [1.807, 2.05) is 0 Å². The number of aliphatic hydroxyl groups is 1. The van der Waals surface area contributed by atoms with Gasteiger partial charge < -0.3 is 10.8 Å². The Morgan fingerprint density at radius 1 is 1.40 bits per heavy atom. The fraction of sp³-hybridized carbons (Fsp3) is 1.00. The molecule has 5 heavy (non-hydrogen) atoms. The van der Waals surface area contributed by atoms with E-state index >= 15 is 0 Å². The van der Waals surface area contributed by atoms with E-state index in [2.05, 4.69) is 5.73 Å². The molecule has 0 atom stereocenters. The number of hydrogen-bond acceptors (Lipinski definition) is 4. The maximum atomic E-state index is 7.35. The van der Waals surface area contributed by atoms with Crippen LogP contribution in [-0.4, -0.2) is 22.4 Å². The van der Waals surface area contributed by atoms with Crippen molar-refractivity contribution in [3.8, 4) is 0 Å². The normalized spacial score (nSPS) is 4.80. The van der Waals surface area contributed by atoms with Gasteiger partial charge in [0.15, 0.2) is 0 Å². The Balaban J connectivity index is 0. The minimum atomic E-state index is -0.250. The molecule has 0 heterocycles. The molecule has 0 aliphatic heterocycles. The summed E-state index contributed by atoms with van der Waals surface area (Å²) >= 11 is 0. The Kier molecular flexibility index (Phi) is 77.7. The molecule has 0 saturated heterocycles. The van der Waals surface area contributed by atoms with E-state index in [1.54, 1.807) is 0 Å². The van der Waals surface area contributed by atoms with Crippen LogP contribution < -0.4 is 5.73 Å². The predicted molar refractivity (Wildman–Crippen MR) is 16.5 cm³/mol. The van der Waals surface area contributed by atoms with Crippen LogP contribution in [0, 0.1) is 0 Å². The highest BCUT2D eigenvalue weighted by Crippen LogP contribution is 1.04. The van der Waals surface area contributed by atoms with Gasteiger partial charge in [-0.2, -0.15) is 0 Å². The van der Waals surface area contributed by atoms with E-state index in [4.69, 9.17) is 15.6 Å². The average Bonchev–Trinajstić information content (AvgIpc) is 1.46. The summed E-state index contributed by atoms with van der Waals surface area (Å²) in [5.74, 6) is 0. The van der Waals surface area contributed by atoms with Crippen molar-refractivity contribution in [2.75, 3.05) is 6.73 Å². The maximum absolute atomic E-state index is 7.35. The minimum Gasteiger partial charge on any atom is -0.382 e. The van der Waals surface area contributed by atoms with Crippen molar-refractivity contribution >= 4 is 0 Å². The van der Waals surface area contributed by atoms with Gasteiger partial charge in [-0.3, -0.25) is 10.5 Å². The first-order valence-corrected chi connectivity index (χ1v) is 0.924.